The van der Waals surface area contributed by atoms with Crippen LogP contribution < -0.4 is 19.6 Å². The van der Waals surface area contributed by atoms with Crippen LogP contribution in [0, 0.1) is 10.1 Å². The summed E-state index contributed by atoms with van der Waals surface area (Å²) >= 11 is 1.12. The Morgan fingerprint density at radius 2 is 1.95 bits per heavy atom. The number of aromatic hydroxyl groups is 1. The number of nitrogens with zero attached hydrogens (tertiary/aromatic N) is 3. The maximum atomic E-state index is 13.9. The number of fused-ring (bicyclic) bond motifs is 1. The van der Waals surface area contributed by atoms with Gasteiger partial charge in [-0.1, -0.05) is 62.8 Å². The summed E-state index contributed by atoms with van der Waals surface area (Å²) in [6.45, 7) is 8.06. The Morgan fingerprint density at radius 1 is 1.25 bits per heavy atom. The molecule has 2 aromatic carbocycles. The highest BCUT2D eigenvalue weighted by Crippen LogP contribution is 2.37. The molecule has 0 bridgehead atoms. The first kappa shape index (κ1) is 28.8. The van der Waals surface area contributed by atoms with Gasteiger partial charge in [-0.05, 0) is 48.1 Å². The number of esters is 1. The summed E-state index contributed by atoms with van der Waals surface area (Å²) in [4.78, 5) is 43.1. The molecule has 10 nitrogen and oxygen atoms in total. The van der Waals surface area contributed by atoms with E-state index in [1.807, 2.05) is 31.2 Å². The van der Waals surface area contributed by atoms with Crippen molar-refractivity contribution in [3.8, 4) is 11.5 Å². The second-order valence-corrected chi connectivity index (χ2v) is 10.6. The molecule has 0 unspecified atom stereocenters. The van der Waals surface area contributed by atoms with Gasteiger partial charge in [0.25, 0.3) is 5.56 Å². The normalized spacial score (nSPS) is 15.2. The number of carbonyl (C=O) groups excluding carboxylic acids is 1. The zero-order valence-corrected chi connectivity index (χ0v) is 23.8. The number of benzene rings is 2. The molecule has 0 fully saturated rings. The lowest BCUT2D eigenvalue weighted by Gasteiger charge is -2.26. The number of ether oxygens (including phenoxy) is 2. The van der Waals surface area contributed by atoms with Gasteiger partial charge in [0.15, 0.2) is 10.6 Å². The molecule has 4 rings (SSSR count). The molecule has 0 spiro atoms. The van der Waals surface area contributed by atoms with E-state index in [2.05, 4.69) is 13.8 Å². The Morgan fingerprint density at radius 3 is 2.52 bits per heavy atom. The largest absolute Gasteiger partial charge is 0.500 e. The van der Waals surface area contributed by atoms with Crippen molar-refractivity contribution in [1.29, 1.82) is 0 Å². The zero-order valence-electron chi connectivity index (χ0n) is 23.0. The predicted octanol–water partition coefficient (Wildman–Crippen LogP) is 4.32. The quantitative estimate of drug-likeness (QED) is 0.232. The van der Waals surface area contributed by atoms with Crippen molar-refractivity contribution in [1.82, 2.24) is 4.57 Å². The molecule has 1 aliphatic heterocycles. The molecule has 1 aliphatic rings. The third kappa shape index (κ3) is 5.42. The molecule has 0 amide bonds. The van der Waals surface area contributed by atoms with Gasteiger partial charge in [0, 0.05) is 6.07 Å². The van der Waals surface area contributed by atoms with E-state index >= 15 is 0 Å². The van der Waals surface area contributed by atoms with E-state index in [9.17, 15) is 24.8 Å². The molecular weight excluding hydrogens is 534 g/mol. The van der Waals surface area contributed by atoms with Gasteiger partial charge in [0.1, 0.15) is 0 Å². The molecule has 0 saturated carbocycles. The Balaban J connectivity index is 1.99. The molecule has 0 saturated heterocycles. The molecule has 1 atom stereocenters. The number of nitro groups is 1. The lowest BCUT2D eigenvalue weighted by molar-refractivity contribution is -0.386. The highest BCUT2D eigenvalue weighted by atomic mass is 32.1. The van der Waals surface area contributed by atoms with Crippen LogP contribution in [-0.2, 0) is 9.53 Å². The Labute approximate surface area is 234 Å². The van der Waals surface area contributed by atoms with Crippen LogP contribution in [0.15, 0.2) is 57.5 Å². The van der Waals surface area contributed by atoms with Crippen molar-refractivity contribution in [2.75, 3.05) is 13.7 Å². The maximum Gasteiger partial charge on any atom is 0.338 e. The lowest BCUT2D eigenvalue weighted by atomic mass is 9.92. The predicted molar refractivity (Wildman–Crippen MR) is 151 cm³/mol. The van der Waals surface area contributed by atoms with Gasteiger partial charge in [-0.3, -0.25) is 19.5 Å². The SMILES string of the molecule is CCCC1=C(C(=O)OCC)[C@@H](c2ccc(C(C)C)cc2)n2c(s/c(=C\c3cc(OC)c(O)c([N+](=O)[O-])c3)c2=O)=N1. The average Bonchev–Trinajstić information content (AvgIpc) is 3.23. The third-order valence-electron chi connectivity index (χ3n) is 6.60. The lowest BCUT2D eigenvalue weighted by Crippen LogP contribution is -2.40. The van der Waals surface area contributed by atoms with Crippen molar-refractivity contribution in [2.45, 2.75) is 52.5 Å². The van der Waals surface area contributed by atoms with E-state index in [4.69, 9.17) is 14.5 Å². The van der Waals surface area contributed by atoms with E-state index in [0.717, 1.165) is 28.9 Å². The number of phenolic OH excluding ortho intramolecular Hbond substituents is 1. The van der Waals surface area contributed by atoms with Crippen molar-refractivity contribution in [2.24, 2.45) is 4.99 Å². The molecule has 2 heterocycles. The number of aromatic nitrogens is 1. The van der Waals surface area contributed by atoms with Gasteiger partial charge in [0.2, 0.25) is 5.75 Å². The number of methoxy groups -OCH3 is 1. The second-order valence-electron chi connectivity index (χ2n) is 9.58. The molecule has 0 aliphatic carbocycles. The van der Waals surface area contributed by atoms with Gasteiger partial charge < -0.3 is 14.6 Å². The topological polar surface area (TPSA) is 133 Å². The van der Waals surface area contributed by atoms with E-state index in [0.29, 0.717) is 34.0 Å². The third-order valence-corrected chi connectivity index (χ3v) is 7.59. The van der Waals surface area contributed by atoms with Crippen LogP contribution in [0.25, 0.3) is 6.08 Å². The molecule has 0 radical (unpaired) electrons. The first-order chi connectivity index (χ1) is 19.1. The van der Waals surface area contributed by atoms with E-state index < -0.39 is 33.9 Å². The van der Waals surface area contributed by atoms with Crippen LogP contribution in [0.3, 0.4) is 0 Å². The number of phenols is 1. The Kier molecular flexibility index (Phi) is 8.53. The molecule has 40 heavy (non-hydrogen) atoms. The van der Waals surface area contributed by atoms with Crippen LogP contribution in [-0.4, -0.2) is 34.3 Å². The number of rotatable bonds is 9. The van der Waals surface area contributed by atoms with Crippen LogP contribution in [0.2, 0.25) is 0 Å². The molecule has 210 valence electrons. The van der Waals surface area contributed by atoms with Gasteiger partial charge in [0.05, 0.1) is 40.5 Å². The number of allylic oxidation sites excluding steroid dienone is 1. The van der Waals surface area contributed by atoms with Gasteiger partial charge >= 0.3 is 11.7 Å². The monoisotopic (exact) mass is 565 g/mol. The number of thiazole rings is 1. The first-order valence-corrected chi connectivity index (χ1v) is 13.8. The number of hydrogen-bond donors (Lipinski definition) is 1. The summed E-state index contributed by atoms with van der Waals surface area (Å²) in [7, 11) is 1.28. The van der Waals surface area contributed by atoms with Gasteiger partial charge in [-0.15, -0.1) is 0 Å². The van der Waals surface area contributed by atoms with Crippen molar-refractivity contribution < 1.29 is 24.3 Å². The summed E-state index contributed by atoms with van der Waals surface area (Å²) < 4.78 is 12.3. The summed E-state index contributed by atoms with van der Waals surface area (Å²) in [5, 5.41) is 21.6. The highest BCUT2D eigenvalue weighted by molar-refractivity contribution is 7.07. The minimum absolute atomic E-state index is 0.0915. The standard InChI is InChI=1S/C29H31N3O7S/c1-6-8-20-24(28(35)39-7-2)25(19-11-9-18(10-12-19)16(3)4)31-27(34)23(40-29(31)30-20)15-17-13-21(32(36)37)26(33)22(14-17)38-5/h9-16,25,33H,6-8H2,1-5H3/b23-15-/t25-/m1/s1. The van der Waals surface area contributed by atoms with Crippen molar-refractivity contribution >= 4 is 29.1 Å². The molecular formula is C29H31N3O7S. The van der Waals surface area contributed by atoms with Crippen LogP contribution in [0.5, 0.6) is 11.5 Å². The van der Waals surface area contributed by atoms with Crippen LogP contribution in [0.1, 0.15) is 69.2 Å². The van der Waals surface area contributed by atoms with Crippen molar-refractivity contribution in [3.05, 3.63) is 94.2 Å². The van der Waals surface area contributed by atoms with Crippen LogP contribution >= 0.6 is 11.3 Å². The minimum atomic E-state index is -0.760. The molecule has 1 aromatic heterocycles. The zero-order chi connectivity index (χ0) is 29.1. The van der Waals surface area contributed by atoms with Crippen molar-refractivity contribution in [3.63, 3.8) is 0 Å². The second kappa shape index (κ2) is 11.9. The number of nitro benzene ring substituents is 1. The van der Waals surface area contributed by atoms with E-state index in [-0.39, 0.29) is 16.9 Å². The summed E-state index contributed by atoms with van der Waals surface area (Å²) in [6, 6.07) is 9.63. The first-order valence-electron chi connectivity index (χ1n) is 13.0. The summed E-state index contributed by atoms with van der Waals surface area (Å²) in [5.74, 6) is -0.913. The van der Waals surface area contributed by atoms with Gasteiger partial charge in [-0.2, -0.15) is 0 Å². The average molecular weight is 566 g/mol. The fourth-order valence-corrected chi connectivity index (χ4v) is 5.66. The number of carbonyl (C=O) groups is 1. The molecule has 1 N–H and O–H groups in total. The summed E-state index contributed by atoms with van der Waals surface area (Å²) in [5.41, 5.74) is 2.09. The van der Waals surface area contributed by atoms with E-state index in [1.165, 1.54) is 29.9 Å². The number of hydrogen-bond acceptors (Lipinski definition) is 9. The summed E-state index contributed by atoms with van der Waals surface area (Å²) in [6.07, 6.45) is 2.73. The van der Waals surface area contributed by atoms with Gasteiger partial charge in [-0.25, -0.2) is 9.79 Å². The minimum Gasteiger partial charge on any atom is -0.500 e. The molecule has 11 heteroatoms. The fraction of sp³-hybridized carbons (Fsp3) is 0.345. The smallest absolute Gasteiger partial charge is 0.338 e. The Bertz CT molecular complexity index is 1670. The fourth-order valence-electron chi connectivity index (χ4n) is 4.64. The molecule has 3 aromatic rings. The van der Waals surface area contributed by atoms with E-state index in [1.54, 1.807) is 6.92 Å². The maximum absolute atomic E-state index is 13.9. The highest BCUT2D eigenvalue weighted by Gasteiger charge is 2.34. The van der Waals surface area contributed by atoms with Crippen LogP contribution in [0.4, 0.5) is 5.69 Å². The Hall–Kier alpha value is -4.25.